The van der Waals surface area contributed by atoms with E-state index >= 15 is 0 Å². The second-order valence-electron chi connectivity index (χ2n) is 7.31. The van der Waals surface area contributed by atoms with Gasteiger partial charge in [0.05, 0.1) is 17.7 Å². The molecule has 2 aromatic carbocycles. The van der Waals surface area contributed by atoms with Crippen molar-refractivity contribution in [2.75, 3.05) is 6.54 Å². The van der Waals surface area contributed by atoms with E-state index in [0.29, 0.717) is 11.1 Å². The number of benzene rings is 2. The summed E-state index contributed by atoms with van der Waals surface area (Å²) in [6.07, 6.45) is 1.19. The number of carbonyl (C=O) groups is 2. The average Bonchev–Trinajstić information content (AvgIpc) is 2.66. The van der Waals surface area contributed by atoms with E-state index in [9.17, 15) is 24.8 Å². The smallest absolute Gasteiger partial charge is 0.311 e. The van der Waals surface area contributed by atoms with Gasteiger partial charge in [-0.15, -0.1) is 0 Å². The van der Waals surface area contributed by atoms with Crippen molar-refractivity contribution in [3.8, 4) is 5.75 Å². The summed E-state index contributed by atoms with van der Waals surface area (Å²) in [5.74, 6) is -1.41. The van der Waals surface area contributed by atoms with E-state index in [1.807, 2.05) is 12.1 Å². The predicted octanol–water partition coefficient (Wildman–Crippen LogP) is 2.48. The quantitative estimate of drug-likeness (QED) is 0.390. The van der Waals surface area contributed by atoms with Gasteiger partial charge in [0.15, 0.2) is 5.75 Å². The fraction of sp³-hybridized carbons (Fsp3) is 0.250. The van der Waals surface area contributed by atoms with Crippen molar-refractivity contribution in [2.24, 2.45) is 5.10 Å². The van der Waals surface area contributed by atoms with Crippen LogP contribution in [0.2, 0.25) is 0 Å². The molecule has 0 saturated heterocycles. The second-order valence-corrected chi connectivity index (χ2v) is 7.31. The van der Waals surface area contributed by atoms with Gasteiger partial charge in [0, 0.05) is 17.2 Å². The third-order valence-electron chi connectivity index (χ3n) is 4.02. The first-order chi connectivity index (χ1) is 13.6. The lowest BCUT2D eigenvalue weighted by Crippen LogP contribution is -2.34. The second kappa shape index (κ2) is 8.96. The van der Waals surface area contributed by atoms with Gasteiger partial charge in [-0.2, -0.15) is 5.10 Å². The summed E-state index contributed by atoms with van der Waals surface area (Å²) in [5.41, 5.74) is 3.57. The Hall–Kier alpha value is -3.75. The van der Waals surface area contributed by atoms with Crippen LogP contribution in [0.1, 0.15) is 42.3 Å². The van der Waals surface area contributed by atoms with Gasteiger partial charge in [-0.05, 0) is 35.2 Å². The number of phenols is 1. The molecule has 9 heteroatoms. The zero-order chi connectivity index (χ0) is 21.6. The van der Waals surface area contributed by atoms with Gasteiger partial charge in [-0.25, -0.2) is 5.43 Å². The van der Waals surface area contributed by atoms with Gasteiger partial charge in [-0.1, -0.05) is 32.9 Å². The highest BCUT2D eigenvalue weighted by molar-refractivity contribution is 5.96. The van der Waals surface area contributed by atoms with Crippen LogP contribution in [0.3, 0.4) is 0 Å². The third-order valence-corrected chi connectivity index (χ3v) is 4.02. The highest BCUT2D eigenvalue weighted by Crippen LogP contribution is 2.25. The minimum Gasteiger partial charge on any atom is -0.502 e. The van der Waals surface area contributed by atoms with E-state index in [-0.39, 0.29) is 12.0 Å². The summed E-state index contributed by atoms with van der Waals surface area (Å²) < 4.78 is 0. The number of hydrogen-bond acceptors (Lipinski definition) is 6. The Morgan fingerprint density at radius 2 is 1.83 bits per heavy atom. The zero-order valence-electron chi connectivity index (χ0n) is 16.3. The minimum atomic E-state index is -0.727. The molecule has 0 spiro atoms. The van der Waals surface area contributed by atoms with Crippen LogP contribution in [-0.2, 0) is 10.2 Å². The molecule has 2 aromatic rings. The van der Waals surface area contributed by atoms with Crippen molar-refractivity contribution in [2.45, 2.75) is 26.2 Å². The predicted molar refractivity (Wildman–Crippen MR) is 108 cm³/mol. The van der Waals surface area contributed by atoms with Crippen LogP contribution >= 0.6 is 0 Å². The fourth-order valence-electron chi connectivity index (χ4n) is 2.37. The van der Waals surface area contributed by atoms with Crippen molar-refractivity contribution in [1.29, 1.82) is 0 Å². The van der Waals surface area contributed by atoms with Crippen LogP contribution in [0.25, 0.3) is 0 Å². The Morgan fingerprint density at radius 3 is 2.41 bits per heavy atom. The van der Waals surface area contributed by atoms with E-state index in [1.54, 1.807) is 12.1 Å². The molecule has 0 atom stereocenters. The molecule has 0 heterocycles. The monoisotopic (exact) mass is 398 g/mol. The SMILES string of the molecule is CC(C)(C)c1ccc(C(=O)NCC(=O)N/N=C\c2ccc(O)c([N+](=O)[O-])c2)cc1. The minimum absolute atomic E-state index is 0.0230. The molecule has 0 fully saturated rings. The van der Waals surface area contributed by atoms with Crippen LogP contribution in [0.4, 0.5) is 5.69 Å². The molecule has 0 aliphatic heterocycles. The molecule has 0 radical (unpaired) electrons. The lowest BCUT2D eigenvalue weighted by Gasteiger charge is -2.19. The van der Waals surface area contributed by atoms with Gasteiger partial charge >= 0.3 is 5.69 Å². The van der Waals surface area contributed by atoms with Gasteiger partial charge in [0.2, 0.25) is 0 Å². The molecule has 152 valence electrons. The third kappa shape index (κ3) is 6.13. The Balaban J connectivity index is 1.87. The maximum Gasteiger partial charge on any atom is 0.311 e. The number of phenolic OH excluding ortho intramolecular Hbond substituents is 1. The first-order valence-electron chi connectivity index (χ1n) is 8.76. The Bertz CT molecular complexity index is 946. The number of nitrogens with zero attached hydrogens (tertiary/aromatic N) is 2. The number of hydrogen-bond donors (Lipinski definition) is 3. The van der Waals surface area contributed by atoms with Crippen molar-refractivity contribution < 1.29 is 19.6 Å². The molecule has 0 aromatic heterocycles. The maximum atomic E-state index is 12.1. The number of carbonyl (C=O) groups excluding carboxylic acids is 2. The highest BCUT2D eigenvalue weighted by Gasteiger charge is 2.15. The van der Waals surface area contributed by atoms with Crippen molar-refractivity contribution in [1.82, 2.24) is 10.7 Å². The van der Waals surface area contributed by atoms with E-state index in [0.717, 1.165) is 17.7 Å². The summed E-state index contributed by atoms with van der Waals surface area (Å²) in [6.45, 7) is 5.93. The number of rotatable bonds is 6. The fourth-order valence-corrected chi connectivity index (χ4v) is 2.37. The molecule has 2 rings (SSSR count). The van der Waals surface area contributed by atoms with Crippen LogP contribution in [0.5, 0.6) is 5.75 Å². The lowest BCUT2D eigenvalue weighted by atomic mass is 9.87. The van der Waals surface area contributed by atoms with Gasteiger partial charge in [-0.3, -0.25) is 19.7 Å². The van der Waals surface area contributed by atoms with Crippen molar-refractivity contribution in [3.63, 3.8) is 0 Å². The summed E-state index contributed by atoms with van der Waals surface area (Å²) in [4.78, 5) is 34.0. The number of amides is 2. The zero-order valence-corrected chi connectivity index (χ0v) is 16.3. The van der Waals surface area contributed by atoms with Gasteiger partial charge in [0.25, 0.3) is 11.8 Å². The largest absolute Gasteiger partial charge is 0.502 e. The summed E-state index contributed by atoms with van der Waals surface area (Å²) in [6, 6.07) is 10.8. The van der Waals surface area contributed by atoms with Crippen LogP contribution in [0.15, 0.2) is 47.6 Å². The molecule has 9 nitrogen and oxygen atoms in total. The topological polar surface area (TPSA) is 134 Å². The molecule has 2 amide bonds. The van der Waals surface area contributed by atoms with Crippen molar-refractivity contribution in [3.05, 3.63) is 69.3 Å². The van der Waals surface area contributed by atoms with Gasteiger partial charge in [0.1, 0.15) is 0 Å². The molecule has 0 aliphatic rings. The normalized spacial score (nSPS) is 11.3. The number of aromatic hydroxyl groups is 1. The van der Waals surface area contributed by atoms with E-state index in [4.69, 9.17) is 0 Å². The summed E-state index contributed by atoms with van der Waals surface area (Å²) in [5, 5.41) is 26.3. The first-order valence-corrected chi connectivity index (χ1v) is 8.76. The standard InChI is InChI=1S/C20H22N4O5/c1-20(2,3)15-7-5-14(6-8-15)19(27)21-12-18(26)23-22-11-13-4-9-17(25)16(10-13)24(28)29/h4-11,25H,12H2,1-3H3,(H,21,27)(H,23,26)/b22-11-. The average molecular weight is 398 g/mol. The molecule has 0 bridgehead atoms. The molecule has 3 N–H and O–H groups in total. The Labute approximate surface area is 167 Å². The molecule has 29 heavy (non-hydrogen) atoms. The summed E-state index contributed by atoms with van der Waals surface area (Å²) in [7, 11) is 0. The van der Waals surface area contributed by atoms with E-state index in [2.05, 4.69) is 36.6 Å². The van der Waals surface area contributed by atoms with E-state index < -0.39 is 28.2 Å². The summed E-state index contributed by atoms with van der Waals surface area (Å²) >= 11 is 0. The number of nitro groups is 1. The lowest BCUT2D eigenvalue weighted by molar-refractivity contribution is -0.385. The van der Waals surface area contributed by atoms with Gasteiger partial charge < -0.3 is 10.4 Å². The van der Waals surface area contributed by atoms with Crippen LogP contribution in [0, 0.1) is 10.1 Å². The Morgan fingerprint density at radius 1 is 1.17 bits per heavy atom. The molecular weight excluding hydrogens is 376 g/mol. The number of nitro benzene ring substituents is 1. The number of nitrogens with one attached hydrogen (secondary N) is 2. The highest BCUT2D eigenvalue weighted by atomic mass is 16.6. The molecule has 0 aliphatic carbocycles. The molecule has 0 saturated carbocycles. The molecule has 0 unspecified atom stereocenters. The maximum absolute atomic E-state index is 12.1. The van der Waals surface area contributed by atoms with Crippen LogP contribution in [-0.4, -0.2) is 34.6 Å². The number of hydrazone groups is 1. The Kier molecular flexibility index (Phi) is 6.66. The van der Waals surface area contributed by atoms with Crippen LogP contribution < -0.4 is 10.7 Å². The molecular formula is C20H22N4O5. The van der Waals surface area contributed by atoms with Crippen molar-refractivity contribution >= 4 is 23.7 Å². The first kappa shape index (κ1) is 21.5. The van der Waals surface area contributed by atoms with E-state index in [1.165, 1.54) is 12.3 Å².